The first-order chi connectivity index (χ1) is 8.75. The molecule has 2 heterocycles. The molecule has 7 nitrogen and oxygen atoms in total. The van der Waals surface area contributed by atoms with Crippen molar-refractivity contribution in [1.82, 2.24) is 19.9 Å². The summed E-state index contributed by atoms with van der Waals surface area (Å²) in [4.78, 5) is 25.4. The van der Waals surface area contributed by atoms with Crippen molar-refractivity contribution in [1.29, 1.82) is 0 Å². The number of nitro groups is 1. The number of rotatable bonds is 2. The van der Waals surface area contributed by atoms with Gasteiger partial charge in [0.05, 0.1) is 16.9 Å². The van der Waals surface area contributed by atoms with Gasteiger partial charge in [0.2, 0.25) is 0 Å². The van der Waals surface area contributed by atoms with Crippen molar-refractivity contribution < 1.29 is 4.92 Å². The summed E-state index contributed by atoms with van der Waals surface area (Å²) in [5, 5.41) is 10.8. The zero-order valence-electron chi connectivity index (χ0n) is 9.07. The first kappa shape index (κ1) is 10.3. The number of imidazole rings is 1. The number of hydrogen-bond acceptors (Lipinski definition) is 5. The second-order valence-electron chi connectivity index (χ2n) is 3.63. The molecule has 0 atom stereocenters. The van der Waals surface area contributed by atoms with Crippen LogP contribution < -0.4 is 0 Å². The minimum atomic E-state index is -0.436. The molecule has 0 radical (unpaired) electrons. The highest BCUT2D eigenvalue weighted by Gasteiger charge is 2.11. The Morgan fingerprint density at radius 2 is 2.11 bits per heavy atom. The Morgan fingerprint density at radius 1 is 1.22 bits per heavy atom. The molecule has 0 bridgehead atoms. The number of nitro benzene ring substituents is 1. The number of non-ortho nitro benzene ring substituents is 1. The molecule has 0 spiro atoms. The number of benzene rings is 1. The van der Waals surface area contributed by atoms with E-state index in [2.05, 4.69) is 19.9 Å². The van der Waals surface area contributed by atoms with Gasteiger partial charge in [0.15, 0.2) is 5.65 Å². The Labute approximate surface area is 101 Å². The van der Waals surface area contributed by atoms with Crippen LogP contribution in [0.1, 0.15) is 0 Å². The van der Waals surface area contributed by atoms with E-state index in [4.69, 9.17) is 0 Å². The van der Waals surface area contributed by atoms with Crippen LogP contribution in [0.4, 0.5) is 5.69 Å². The van der Waals surface area contributed by atoms with Crippen molar-refractivity contribution in [2.75, 3.05) is 0 Å². The first-order valence-corrected chi connectivity index (χ1v) is 5.14. The maximum atomic E-state index is 10.8. The molecule has 1 N–H and O–H groups in total. The Hall–Kier alpha value is -2.83. The smallest absolute Gasteiger partial charge is 0.270 e. The van der Waals surface area contributed by atoms with Gasteiger partial charge in [-0.25, -0.2) is 15.0 Å². The fourth-order valence-electron chi connectivity index (χ4n) is 1.75. The highest BCUT2D eigenvalue weighted by Crippen LogP contribution is 2.25. The van der Waals surface area contributed by atoms with E-state index in [-0.39, 0.29) is 5.69 Å². The second kappa shape index (κ2) is 3.88. The van der Waals surface area contributed by atoms with Gasteiger partial charge in [0, 0.05) is 17.7 Å². The lowest BCUT2D eigenvalue weighted by molar-refractivity contribution is -0.384. The van der Waals surface area contributed by atoms with E-state index < -0.39 is 4.92 Å². The summed E-state index contributed by atoms with van der Waals surface area (Å²) >= 11 is 0. The first-order valence-electron chi connectivity index (χ1n) is 5.14. The molecule has 88 valence electrons. The average molecular weight is 241 g/mol. The van der Waals surface area contributed by atoms with Crippen molar-refractivity contribution >= 4 is 16.9 Å². The molecule has 3 rings (SSSR count). The van der Waals surface area contributed by atoms with E-state index in [0.717, 1.165) is 0 Å². The number of H-pyrrole nitrogens is 1. The standard InChI is InChI=1S/C11H7N5O2/c17-16(18)8-3-1-2-7(4-8)9-10-11(14-5-12-9)15-6-13-10/h1-6H,(H,12,13,14,15). The molecule has 2 aromatic heterocycles. The molecule has 1 aromatic carbocycles. The topological polar surface area (TPSA) is 97.6 Å². The second-order valence-corrected chi connectivity index (χ2v) is 3.63. The van der Waals surface area contributed by atoms with Gasteiger partial charge in [-0.2, -0.15) is 0 Å². The van der Waals surface area contributed by atoms with Crippen molar-refractivity contribution in [2.45, 2.75) is 0 Å². The predicted molar refractivity (Wildman–Crippen MR) is 63.8 cm³/mol. The van der Waals surface area contributed by atoms with Crippen molar-refractivity contribution in [3.8, 4) is 11.3 Å². The lowest BCUT2D eigenvalue weighted by Crippen LogP contribution is -1.91. The van der Waals surface area contributed by atoms with Gasteiger partial charge < -0.3 is 4.98 Å². The molecule has 0 saturated heterocycles. The lowest BCUT2D eigenvalue weighted by atomic mass is 10.1. The fourth-order valence-corrected chi connectivity index (χ4v) is 1.75. The molecular weight excluding hydrogens is 234 g/mol. The van der Waals surface area contributed by atoms with Crippen LogP contribution in [0, 0.1) is 10.1 Å². The average Bonchev–Trinajstić information content (AvgIpc) is 2.87. The van der Waals surface area contributed by atoms with E-state index in [9.17, 15) is 10.1 Å². The quantitative estimate of drug-likeness (QED) is 0.546. The number of hydrogen-bond donors (Lipinski definition) is 1. The van der Waals surface area contributed by atoms with Crippen LogP contribution >= 0.6 is 0 Å². The van der Waals surface area contributed by atoms with Crippen LogP contribution in [0.15, 0.2) is 36.9 Å². The summed E-state index contributed by atoms with van der Waals surface area (Å²) in [5.74, 6) is 0. The summed E-state index contributed by atoms with van der Waals surface area (Å²) in [5.41, 5.74) is 2.48. The van der Waals surface area contributed by atoms with Gasteiger partial charge in [-0.15, -0.1) is 0 Å². The van der Waals surface area contributed by atoms with Crippen LogP contribution in [0.3, 0.4) is 0 Å². The maximum absolute atomic E-state index is 10.8. The molecule has 7 heteroatoms. The zero-order chi connectivity index (χ0) is 12.5. The fraction of sp³-hybridized carbons (Fsp3) is 0. The number of nitrogens with zero attached hydrogens (tertiary/aromatic N) is 4. The zero-order valence-corrected chi connectivity index (χ0v) is 9.07. The molecule has 18 heavy (non-hydrogen) atoms. The number of nitrogens with one attached hydrogen (secondary N) is 1. The Kier molecular flexibility index (Phi) is 2.23. The molecule has 0 unspecified atom stereocenters. The third-order valence-corrected chi connectivity index (χ3v) is 2.55. The Morgan fingerprint density at radius 3 is 2.94 bits per heavy atom. The molecule has 0 aliphatic carbocycles. The molecule has 0 aliphatic rings. The van der Waals surface area contributed by atoms with E-state index in [1.54, 1.807) is 12.1 Å². The third-order valence-electron chi connectivity index (χ3n) is 2.55. The van der Waals surface area contributed by atoms with Crippen molar-refractivity contribution in [3.05, 3.63) is 47.0 Å². The summed E-state index contributed by atoms with van der Waals surface area (Å²) in [6.07, 6.45) is 2.90. The minimum Gasteiger partial charge on any atom is -0.341 e. The number of aromatic amines is 1. The Balaban J connectivity index is 2.23. The lowest BCUT2D eigenvalue weighted by Gasteiger charge is -2.01. The minimum absolute atomic E-state index is 0.0266. The monoisotopic (exact) mass is 241 g/mol. The molecule has 0 fully saturated rings. The van der Waals surface area contributed by atoms with E-state index in [0.29, 0.717) is 22.4 Å². The third kappa shape index (κ3) is 1.58. The molecular formula is C11H7N5O2. The van der Waals surface area contributed by atoms with Crippen LogP contribution in [0.25, 0.3) is 22.4 Å². The van der Waals surface area contributed by atoms with Gasteiger partial charge in [-0.1, -0.05) is 12.1 Å². The van der Waals surface area contributed by atoms with E-state index in [1.165, 1.54) is 24.8 Å². The molecule has 0 aliphatic heterocycles. The van der Waals surface area contributed by atoms with Gasteiger partial charge in [0.25, 0.3) is 5.69 Å². The largest absolute Gasteiger partial charge is 0.341 e. The van der Waals surface area contributed by atoms with Gasteiger partial charge >= 0.3 is 0 Å². The van der Waals surface area contributed by atoms with Gasteiger partial charge in [-0.05, 0) is 0 Å². The van der Waals surface area contributed by atoms with Crippen LogP contribution in [-0.4, -0.2) is 24.9 Å². The van der Waals surface area contributed by atoms with Gasteiger partial charge in [-0.3, -0.25) is 10.1 Å². The van der Waals surface area contributed by atoms with Crippen molar-refractivity contribution in [3.63, 3.8) is 0 Å². The molecule has 0 amide bonds. The van der Waals surface area contributed by atoms with Crippen LogP contribution in [0.2, 0.25) is 0 Å². The summed E-state index contributed by atoms with van der Waals surface area (Å²) in [7, 11) is 0. The normalized spacial score (nSPS) is 10.7. The predicted octanol–water partition coefficient (Wildman–Crippen LogP) is 1.93. The SMILES string of the molecule is O=[N+]([O-])c1cccc(-c2ncnc3nc[nH]c23)c1. The van der Waals surface area contributed by atoms with Crippen LogP contribution in [-0.2, 0) is 0 Å². The number of fused-ring (bicyclic) bond motifs is 1. The van der Waals surface area contributed by atoms with Gasteiger partial charge in [0.1, 0.15) is 11.8 Å². The van der Waals surface area contributed by atoms with E-state index in [1.807, 2.05) is 0 Å². The highest BCUT2D eigenvalue weighted by molar-refractivity contribution is 5.86. The van der Waals surface area contributed by atoms with E-state index >= 15 is 0 Å². The maximum Gasteiger partial charge on any atom is 0.270 e. The number of aromatic nitrogens is 4. The highest BCUT2D eigenvalue weighted by atomic mass is 16.6. The Bertz CT molecular complexity index is 737. The van der Waals surface area contributed by atoms with Crippen molar-refractivity contribution in [2.24, 2.45) is 0 Å². The molecule has 0 saturated carbocycles. The summed E-state index contributed by atoms with van der Waals surface area (Å²) in [6, 6.07) is 6.30. The summed E-state index contributed by atoms with van der Waals surface area (Å²) < 4.78 is 0. The molecule has 3 aromatic rings. The van der Waals surface area contributed by atoms with Crippen LogP contribution in [0.5, 0.6) is 0 Å². The summed E-state index contributed by atoms with van der Waals surface area (Å²) in [6.45, 7) is 0.